The van der Waals surface area contributed by atoms with Gasteiger partial charge >= 0.3 is 0 Å². The number of aromatic nitrogens is 4. The molecule has 0 saturated carbocycles. The molecule has 3 aromatic rings. The molecule has 3 heterocycles. The number of anilines is 1. The van der Waals surface area contributed by atoms with Crippen LogP contribution in [0.3, 0.4) is 0 Å². The standard InChI is InChI=1S/C15H14N6O2/c16-15-19-12-6-21(4-3-9(12)13(22)20-15)14(23)8-1-2-10-11(5-8)18-7-17-10/h1-2,5,7H,3-4,6H2,(H,17,18)(H3,16,19,20,22). The van der Waals surface area contributed by atoms with Crippen molar-refractivity contribution in [1.82, 2.24) is 24.8 Å². The number of nitrogens with one attached hydrogen (secondary N) is 2. The molecule has 1 amide bonds. The molecule has 8 nitrogen and oxygen atoms in total. The highest BCUT2D eigenvalue weighted by molar-refractivity contribution is 5.97. The first-order valence-corrected chi connectivity index (χ1v) is 7.22. The summed E-state index contributed by atoms with van der Waals surface area (Å²) in [6.07, 6.45) is 2.06. The number of benzene rings is 1. The van der Waals surface area contributed by atoms with Crippen LogP contribution >= 0.6 is 0 Å². The van der Waals surface area contributed by atoms with Crippen LogP contribution in [0.15, 0.2) is 29.3 Å². The quantitative estimate of drug-likeness (QED) is 0.602. The van der Waals surface area contributed by atoms with Crippen LogP contribution in [0.5, 0.6) is 0 Å². The average molecular weight is 310 g/mol. The van der Waals surface area contributed by atoms with E-state index >= 15 is 0 Å². The van der Waals surface area contributed by atoms with Crippen molar-refractivity contribution in [2.45, 2.75) is 13.0 Å². The van der Waals surface area contributed by atoms with Gasteiger partial charge in [-0.3, -0.25) is 14.6 Å². The van der Waals surface area contributed by atoms with Crippen molar-refractivity contribution in [2.75, 3.05) is 12.3 Å². The number of fused-ring (bicyclic) bond motifs is 2. The van der Waals surface area contributed by atoms with Crippen LogP contribution in [0.25, 0.3) is 11.0 Å². The Balaban J connectivity index is 1.65. The molecule has 1 aliphatic rings. The zero-order chi connectivity index (χ0) is 16.0. The molecule has 1 aromatic carbocycles. The lowest BCUT2D eigenvalue weighted by atomic mass is 10.1. The van der Waals surface area contributed by atoms with Crippen LogP contribution in [0, 0.1) is 0 Å². The number of hydrogen-bond acceptors (Lipinski definition) is 5. The Bertz CT molecular complexity index is 974. The minimum Gasteiger partial charge on any atom is -0.369 e. The van der Waals surface area contributed by atoms with Gasteiger partial charge in [-0.15, -0.1) is 0 Å². The molecule has 8 heteroatoms. The van der Waals surface area contributed by atoms with E-state index in [0.29, 0.717) is 29.8 Å². The van der Waals surface area contributed by atoms with Gasteiger partial charge < -0.3 is 15.6 Å². The summed E-state index contributed by atoms with van der Waals surface area (Å²) >= 11 is 0. The third-order valence-corrected chi connectivity index (χ3v) is 4.05. The van der Waals surface area contributed by atoms with Crippen molar-refractivity contribution in [2.24, 2.45) is 0 Å². The molecule has 0 atom stereocenters. The van der Waals surface area contributed by atoms with Crippen molar-refractivity contribution >= 4 is 22.9 Å². The summed E-state index contributed by atoms with van der Waals surface area (Å²) in [5.41, 5.74) is 8.72. The summed E-state index contributed by atoms with van der Waals surface area (Å²) in [6, 6.07) is 5.33. The summed E-state index contributed by atoms with van der Waals surface area (Å²) in [4.78, 5) is 40.0. The first-order chi connectivity index (χ1) is 11.1. The second kappa shape index (κ2) is 4.94. The summed E-state index contributed by atoms with van der Waals surface area (Å²) in [7, 11) is 0. The maximum Gasteiger partial charge on any atom is 0.255 e. The van der Waals surface area contributed by atoms with Crippen molar-refractivity contribution in [1.29, 1.82) is 0 Å². The van der Waals surface area contributed by atoms with E-state index < -0.39 is 0 Å². The molecule has 4 N–H and O–H groups in total. The third-order valence-electron chi connectivity index (χ3n) is 4.05. The van der Waals surface area contributed by atoms with E-state index in [1.165, 1.54) is 0 Å². The van der Waals surface area contributed by atoms with Crippen LogP contribution in [0.1, 0.15) is 21.6 Å². The number of amides is 1. The predicted octanol–water partition coefficient (Wildman–Crippen LogP) is 0.427. The molecule has 0 unspecified atom stereocenters. The lowest BCUT2D eigenvalue weighted by Gasteiger charge is -2.27. The molecule has 23 heavy (non-hydrogen) atoms. The molecule has 0 aliphatic carbocycles. The van der Waals surface area contributed by atoms with E-state index in [0.717, 1.165) is 11.0 Å². The van der Waals surface area contributed by atoms with E-state index in [2.05, 4.69) is 19.9 Å². The van der Waals surface area contributed by atoms with Gasteiger partial charge in [0.05, 0.1) is 29.6 Å². The second-order valence-electron chi connectivity index (χ2n) is 5.49. The highest BCUT2D eigenvalue weighted by Gasteiger charge is 2.25. The largest absolute Gasteiger partial charge is 0.369 e. The maximum absolute atomic E-state index is 12.7. The predicted molar refractivity (Wildman–Crippen MR) is 83.8 cm³/mol. The van der Waals surface area contributed by atoms with Crippen LogP contribution in [0.4, 0.5) is 5.95 Å². The fourth-order valence-electron chi connectivity index (χ4n) is 2.88. The smallest absolute Gasteiger partial charge is 0.255 e. The molecule has 1 aliphatic heterocycles. The highest BCUT2D eigenvalue weighted by Crippen LogP contribution is 2.19. The SMILES string of the molecule is Nc1nc2c(c(=O)[nH]1)CCN(C(=O)c1ccc3nc[nH]c3c1)C2. The number of nitrogens with zero attached hydrogens (tertiary/aromatic N) is 3. The minimum absolute atomic E-state index is 0.0712. The van der Waals surface area contributed by atoms with Crippen LogP contribution < -0.4 is 11.3 Å². The summed E-state index contributed by atoms with van der Waals surface area (Å²) in [5, 5.41) is 0. The molecule has 0 radical (unpaired) electrons. The van der Waals surface area contributed by atoms with E-state index in [4.69, 9.17) is 5.73 Å². The summed E-state index contributed by atoms with van der Waals surface area (Å²) in [5.74, 6) is -0.0327. The highest BCUT2D eigenvalue weighted by atomic mass is 16.2. The molecule has 2 aromatic heterocycles. The van der Waals surface area contributed by atoms with E-state index in [9.17, 15) is 9.59 Å². The fourth-order valence-corrected chi connectivity index (χ4v) is 2.88. The Kier molecular flexibility index (Phi) is 2.90. The molecule has 0 spiro atoms. The number of aromatic amines is 2. The number of carbonyl (C=O) groups is 1. The molecule has 4 rings (SSSR count). The Hall–Kier alpha value is -3.16. The number of nitrogens with two attached hydrogens (primary N) is 1. The van der Waals surface area contributed by atoms with Gasteiger partial charge in [-0.05, 0) is 24.6 Å². The Morgan fingerprint density at radius 1 is 1.35 bits per heavy atom. The maximum atomic E-state index is 12.7. The summed E-state index contributed by atoms with van der Waals surface area (Å²) < 4.78 is 0. The van der Waals surface area contributed by atoms with Crippen molar-refractivity contribution < 1.29 is 4.79 Å². The molecule has 0 fully saturated rings. The average Bonchev–Trinajstić information content (AvgIpc) is 3.01. The summed E-state index contributed by atoms with van der Waals surface area (Å²) in [6.45, 7) is 0.755. The van der Waals surface area contributed by atoms with Gasteiger partial charge in [0.25, 0.3) is 11.5 Å². The first kappa shape index (κ1) is 13.5. The molecule has 0 saturated heterocycles. The van der Waals surface area contributed by atoms with E-state index in [-0.39, 0.29) is 24.0 Å². The third kappa shape index (κ3) is 2.24. The van der Waals surface area contributed by atoms with E-state index in [1.54, 1.807) is 29.4 Å². The topological polar surface area (TPSA) is 121 Å². The second-order valence-corrected chi connectivity index (χ2v) is 5.49. The number of imidazole rings is 1. The monoisotopic (exact) mass is 310 g/mol. The zero-order valence-corrected chi connectivity index (χ0v) is 12.2. The number of hydrogen-bond donors (Lipinski definition) is 3. The number of nitrogen functional groups attached to an aromatic ring is 1. The van der Waals surface area contributed by atoms with Crippen LogP contribution in [-0.4, -0.2) is 37.3 Å². The van der Waals surface area contributed by atoms with E-state index in [1.807, 2.05) is 0 Å². The fraction of sp³-hybridized carbons (Fsp3) is 0.200. The first-order valence-electron chi connectivity index (χ1n) is 7.22. The van der Waals surface area contributed by atoms with Crippen molar-refractivity contribution in [3.63, 3.8) is 0 Å². The van der Waals surface area contributed by atoms with Gasteiger partial charge in [0.15, 0.2) is 0 Å². The van der Waals surface area contributed by atoms with Crippen LogP contribution in [0.2, 0.25) is 0 Å². The lowest BCUT2D eigenvalue weighted by Crippen LogP contribution is -2.39. The van der Waals surface area contributed by atoms with Gasteiger partial charge in [-0.1, -0.05) is 0 Å². The normalized spacial score (nSPS) is 14.0. The van der Waals surface area contributed by atoms with Gasteiger partial charge in [0.1, 0.15) is 0 Å². The lowest BCUT2D eigenvalue weighted by molar-refractivity contribution is 0.0731. The molecular weight excluding hydrogens is 296 g/mol. The number of rotatable bonds is 1. The van der Waals surface area contributed by atoms with Crippen molar-refractivity contribution in [3.05, 3.63) is 51.7 Å². The molecule has 0 bridgehead atoms. The molecular formula is C15H14N6O2. The minimum atomic E-state index is -0.224. The Labute approximate surface area is 130 Å². The van der Waals surface area contributed by atoms with Gasteiger partial charge in [0.2, 0.25) is 5.95 Å². The molecule has 116 valence electrons. The number of carbonyl (C=O) groups excluding carboxylic acids is 1. The van der Waals surface area contributed by atoms with Crippen LogP contribution in [-0.2, 0) is 13.0 Å². The van der Waals surface area contributed by atoms with Crippen molar-refractivity contribution in [3.8, 4) is 0 Å². The van der Waals surface area contributed by atoms with Gasteiger partial charge in [0, 0.05) is 17.7 Å². The van der Waals surface area contributed by atoms with Gasteiger partial charge in [-0.25, -0.2) is 9.97 Å². The Morgan fingerprint density at radius 2 is 2.22 bits per heavy atom. The number of H-pyrrole nitrogens is 2. The Morgan fingerprint density at radius 3 is 3.09 bits per heavy atom. The zero-order valence-electron chi connectivity index (χ0n) is 12.2. The van der Waals surface area contributed by atoms with Gasteiger partial charge in [-0.2, -0.15) is 0 Å².